The van der Waals surface area contributed by atoms with E-state index in [1.807, 2.05) is 18.4 Å². The summed E-state index contributed by atoms with van der Waals surface area (Å²) in [5.41, 5.74) is 0. The molecule has 0 unspecified atom stereocenters. The van der Waals surface area contributed by atoms with Crippen molar-refractivity contribution in [2.75, 3.05) is 31.6 Å². The summed E-state index contributed by atoms with van der Waals surface area (Å²) in [5, 5.41) is 10.4. The highest BCUT2D eigenvalue weighted by atomic mass is 127. The van der Waals surface area contributed by atoms with Crippen LogP contribution in [0.25, 0.3) is 0 Å². The summed E-state index contributed by atoms with van der Waals surface area (Å²) >= 11 is 1.83. The zero-order chi connectivity index (χ0) is 13.5. The van der Waals surface area contributed by atoms with Gasteiger partial charge in [-0.2, -0.15) is 0 Å². The molecule has 0 aliphatic carbocycles. The van der Waals surface area contributed by atoms with Crippen molar-refractivity contribution in [3.05, 3.63) is 17.5 Å². The van der Waals surface area contributed by atoms with Crippen molar-refractivity contribution in [1.82, 2.24) is 10.6 Å². The molecule has 0 atom stereocenters. The van der Waals surface area contributed by atoms with Gasteiger partial charge < -0.3 is 15.5 Å². The molecule has 6 heteroatoms. The van der Waals surface area contributed by atoms with Gasteiger partial charge in [0.25, 0.3) is 0 Å². The van der Waals surface area contributed by atoms with Crippen LogP contribution in [0.15, 0.2) is 22.5 Å². The first kappa shape index (κ1) is 17.6. The summed E-state index contributed by atoms with van der Waals surface area (Å²) in [6, 6.07) is 4.88. The van der Waals surface area contributed by atoms with Crippen molar-refractivity contribution in [3.8, 4) is 0 Å². The maximum atomic E-state index is 4.27. The summed E-state index contributed by atoms with van der Waals surface area (Å²) in [6.45, 7) is 5.40. The Morgan fingerprint density at radius 2 is 2.20 bits per heavy atom. The molecule has 0 bridgehead atoms. The number of nitrogens with zero attached hydrogens (tertiary/aromatic N) is 2. The molecule has 1 aliphatic heterocycles. The standard InChI is InChI=1S/C14H24N4S.HI/c1-3-8-16-14(15-2)17-12-6-9-18(10-7-12)13-5-4-11-19-13;/h4-5,11-12H,3,6-10H2,1-2H3,(H2,15,16,17);1H. The second kappa shape index (κ2) is 9.44. The Balaban J connectivity index is 0.00000200. The number of guanidine groups is 1. The molecule has 0 radical (unpaired) electrons. The van der Waals surface area contributed by atoms with Crippen LogP contribution in [0.5, 0.6) is 0 Å². The number of rotatable bonds is 4. The maximum absolute atomic E-state index is 4.27. The van der Waals surface area contributed by atoms with Gasteiger partial charge in [0.05, 0.1) is 5.00 Å². The molecular weight excluding hydrogens is 383 g/mol. The van der Waals surface area contributed by atoms with E-state index in [2.05, 4.69) is 45.0 Å². The molecule has 0 amide bonds. The van der Waals surface area contributed by atoms with Gasteiger partial charge in [0, 0.05) is 32.7 Å². The van der Waals surface area contributed by atoms with Crippen LogP contribution < -0.4 is 15.5 Å². The predicted octanol–water partition coefficient (Wildman–Crippen LogP) is 2.91. The Labute approximate surface area is 143 Å². The Hall–Kier alpha value is -0.500. The van der Waals surface area contributed by atoms with Crippen LogP contribution in [0, 0.1) is 0 Å². The number of piperidine rings is 1. The number of hydrogen-bond acceptors (Lipinski definition) is 3. The lowest BCUT2D eigenvalue weighted by Gasteiger charge is -2.33. The molecule has 1 saturated heterocycles. The minimum absolute atomic E-state index is 0. The fourth-order valence-corrected chi connectivity index (χ4v) is 3.11. The van der Waals surface area contributed by atoms with E-state index in [9.17, 15) is 0 Å². The Bertz CT molecular complexity index is 386. The van der Waals surface area contributed by atoms with Crippen molar-refractivity contribution >= 4 is 46.3 Å². The fraction of sp³-hybridized carbons (Fsp3) is 0.643. The SMILES string of the molecule is CCCNC(=NC)NC1CCN(c2cccs2)CC1.I. The summed E-state index contributed by atoms with van der Waals surface area (Å²) in [4.78, 5) is 6.75. The van der Waals surface area contributed by atoms with E-state index in [0.717, 1.165) is 32.0 Å². The zero-order valence-corrected chi connectivity index (χ0v) is 15.4. The summed E-state index contributed by atoms with van der Waals surface area (Å²) in [5.74, 6) is 0.941. The number of halogens is 1. The molecule has 114 valence electrons. The molecule has 1 aliphatic rings. The minimum Gasteiger partial charge on any atom is -0.363 e. The van der Waals surface area contributed by atoms with Gasteiger partial charge in [-0.25, -0.2) is 0 Å². The smallest absolute Gasteiger partial charge is 0.191 e. The van der Waals surface area contributed by atoms with Gasteiger partial charge >= 0.3 is 0 Å². The second-order valence-electron chi connectivity index (χ2n) is 4.86. The third-order valence-corrected chi connectivity index (χ3v) is 4.35. The zero-order valence-electron chi connectivity index (χ0n) is 12.3. The third-order valence-electron chi connectivity index (χ3n) is 3.42. The molecule has 1 aromatic rings. The highest BCUT2D eigenvalue weighted by molar-refractivity contribution is 14.0. The normalized spacial score (nSPS) is 16.7. The Kier molecular flexibility index (Phi) is 8.28. The number of aliphatic imine (C=N–C) groups is 1. The molecule has 20 heavy (non-hydrogen) atoms. The largest absolute Gasteiger partial charge is 0.363 e. The molecule has 0 aromatic carbocycles. The topological polar surface area (TPSA) is 39.7 Å². The van der Waals surface area contributed by atoms with E-state index in [4.69, 9.17) is 0 Å². The van der Waals surface area contributed by atoms with Gasteiger partial charge in [0.1, 0.15) is 0 Å². The quantitative estimate of drug-likeness (QED) is 0.457. The van der Waals surface area contributed by atoms with E-state index in [0.29, 0.717) is 6.04 Å². The molecule has 0 saturated carbocycles. The maximum Gasteiger partial charge on any atom is 0.191 e. The first-order valence-corrected chi connectivity index (χ1v) is 7.97. The lowest BCUT2D eigenvalue weighted by atomic mass is 10.1. The second-order valence-corrected chi connectivity index (χ2v) is 5.78. The fourth-order valence-electron chi connectivity index (χ4n) is 2.33. The summed E-state index contributed by atoms with van der Waals surface area (Å²) < 4.78 is 0. The van der Waals surface area contributed by atoms with Crippen LogP contribution in [-0.2, 0) is 0 Å². The van der Waals surface area contributed by atoms with Crippen LogP contribution in [0.2, 0.25) is 0 Å². The highest BCUT2D eigenvalue weighted by Gasteiger charge is 2.20. The minimum atomic E-state index is 0. The average Bonchev–Trinajstić information content (AvgIpc) is 2.98. The van der Waals surface area contributed by atoms with Gasteiger partial charge in [-0.15, -0.1) is 35.3 Å². The van der Waals surface area contributed by atoms with Crippen LogP contribution in [0.1, 0.15) is 26.2 Å². The molecule has 2 heterocycles. The molecule has 2 rings (SSSR count). The van der Waals surface area contributed by atoms with Crippen molar-refractivity contribution < 1.29 is 0 Å². The van der Waals surface area contributed by atoms with Gasteiger partial charge in [-0.3, -0.25) is 4.99 Å². The van der Waals surface area contributed by atoms with Crippen LogP contribution in [-0.4, -0.2) is 38.7 Å². The van der Waals surface area contributed by atoms with Gasteiger partial charge in [-0.05, 0) is 36.8 Å². The molecule has 0 spiro atoms. The monoisotopic (exact) mass is 408 g/mol. The van der Waals surface area contributed by atoms with Crippen LogP contribution >= 0.6 is 35.3 Å². The molecule has 2 N–H and O–H groups in total. The van der Waals surface area contributed by atoms with Crippen LogP contribution in [0.3, 0.4) is 0 Å². The van der Waals surface area contributed by atoms with Gasteiger partial charge in [0.15, 0.2) is 5.96 Å². The third kappa shape index (κ3) is 5.12. The molecule has 1 fully saturated rings. The number of hydrogen-bond donors (Lipinski definition) is 2. The van der Waals surface area contributed by atoms with E-state index in [1.54, 1.807) is 0 Å². The van der Waals surface area contributed by atoms with Crippen LogP contribution in [0.4, 0.5) is 5.00 Å². The average molecular weight is 408 g/mol. The highest BCUT2D eigenvalue weighted by Crippen LogP contribution is 2.24. The molecule has 1 aromatic heterocycles. The number of thiophene rings is 1. The van der Waals surface area contributed by atoms with Crippen molar-refractivity contribution in [1.29, 1.82) is 0 Å². The Morgan fingerprint density at radius 1 is 1.45 bits per heavy atom. The van der Waals surface area contributed by atoms with Gasteiger partial charge in [0.2, 0.25) is 0 Å². The lowest BCUT2D eigenvalue weighted by Crippen LogP contribution is -2.48. The van der Waals surface area contributed by atoms with Crippen molar-refractivity contribution in [2.24, 2.45) is 4.99 Å². The number of anilines is 1. The van der Waals surface area contributed by atoms with E-state index in [1.165, 1.54) is 17.8 Å². The lowest BCUT2D eigenvalue weighted by molar-refractivity contribution is 0.463. The Morgan fingerprint density at radius 3 is 2.75 bits per heavy atom. The van der Waals surface area contributed by atoms with E-state index < -0.39 is 0 Å². The van der Waals surface area contributed by atoms with Crippen molar-refractivity contribution in [3.63, 3.8) is 0 Å². The molecular formula is C14H25IN4S. The van der Waals surface area contributed by atoms with E-state index in [-0.39, 0.29) is 24.0 Å². The summed E-state index contributed by atoms with van der Waals surface area (Å²) in [6.07, 6.45) is 3.47. The van der Waals surface area contributed by atoms with Gasteiger partial charge in [-0.1, -0.05) is 6.92 Å². The van der Waals surface area contributed by atoms with E-state index >= 15 is 0 Å². The number of nitrogens with one attached hydrogen (secondary N) is 2. The first-order chi connectivity index (χ1) is 9.33. The van der Waals surface area contributed by atoms with Crippen molar-refractivity contribution in [2.45, 2.75) is 32.2 Å². The first-order valence-electron chi connectivity index (χ1n) is 7.09. The molecule has 4 nitrogen and oxygen atoms in total. The summed E-state index contributed by atoms with van der Waals surface area (Å²) in [7, 11) is 1.84. The predicted molar refractivity (Wildman–Crippen MR) is 99.8 cm³/mol.